The minimum Gasteiger partial charge on any atom is -0.372 e. The van der Waals surface area contributed by atoms with Crippen molar-refractivity contribution in [2.45, 2.75) is 24.8 Å². The molecular formula is C27H23N3O. The van der Waals surface area contributed by atoms with Crippen molar-refractivity contribution in [2.75, 3.05) is 10.6 Å². The summed E-state index contributed by atoms with van der Waals surface area (Å²) in [6, 6.07) is 26.6. The van der Waals surface area contributed by atoms with Crippen molar-refractivity contribution in [3.8, 4) is 0 Å². The molecule has 0 amide bonds. The minimum atomic E-state index is -0.202. The van der Waals surface area contributed by atoms with Crippen LogP contribution in [0.15, 0.2) is 96.3 Å². The van der Waals surface area contributed by atoms with Crippen LogP contribution in [-0.4, -0.2) is 10.8 Å². The topological polar surface area (TPSA) is 56.9 Å². The molecule has 0 radical (unpaired) electrons. The second kappa shape index (κ2) is 7.17. The summed E-state index contributed by atoms with van der Waals surface area (Å²) in [5.74, 6) is 0.395. The molecule has 4 aromatic rings. The Morgan fingerprint density at radius 3 is 2.39 bits per heavy atom. The van der Waals surface area contributed by atoms with Crippen molar-refractivity contribution in [2.24, 2.45) is 0 Å². The highest BCUT2D eigenvalue weighted by molar-refractivity contribution is 6.02. The maximum Gasteiger partial charge on any atom is 0.163 e. The molecule has 3 N–H and O–H groups in total. The lowest BCUT2D eigenvalue weighted by Crippen LogP contribution is -2.26. The maximum atomic E-state index is 13.6. The predicted molar refractivity (Wildman–Crippen MR) is 125 cm³/mol. The molecule has 1 aromatic heterocycles. The van der Waals surface area contributed by atoms with Gasteiger partial charge in [0.25, 0.3) is 0 Å². The lowest BCUT2D eigenvalue weighted by molar-refractivity contribution is -0.116. The fraction of sp³-hybridized carbons (Fsp3) is 0.148. The van der Waals surface area contributed by atoms with E-state index in [1.54, 1.807) is 0 Å². The van der Waals surface area contributed by atoms with Crippen molar-refractivity contribution in [1.82, 2.24) is 4.98 Å². The van der Waals surface area contributed by atoms with Gasteiger partial charge in [-0.2, -0.15) is 0 Å². The maximum absolute atomic E-state index is 13.6. The zero-order valence-electron chi connectivity index (χ0n) is 17.1. The standard InChI is InChI=1S/C27H23N3O/c31-25-15-18(17-8-2-1-3-9-17)14-24-26(25)27(30-23-13-7-6-12-22(23)29-24)20-16-28-21-11-5-4-10-19(20)21/h1-13,16,18,27-30H,14-15H2/t18-,27+/m1/s1. The van der Waals surface area contributed by atoms with E-state index in [4.69, 9.17) is 0 Å². The first-order valence-electron chi connectivity index (χ1n) is 10.8. The van der Waals surface area contributed by atoms with Crippen molar-refractivity contribution < 1.29 is 4.79 Å². The van der Waals surface area contributed by atoms with E-state index in [-0.39, 0.29) is 17.7 Å². The quantitative estimate of drug-likeness (QED) is 0.375. The van der Waals surface area contributed by atoms with E-state index < -0.39 is 0 Å². The number of nitrogens with one attached hydrogen (secondary N) is 3. The van der Waals surface area contributed by atoms with Gasteiger partial charge in [-0.1, -0.05) is 60.7 Å². The highest BCUT2D eigenvalue weighted by Crippen LogP contribution is 2.45. The van der Waals surface area contributed by atoms with Crippen molar-refractivity contribution in [3.05, 3.63) is 107 Å². The molecule has 1 aliphatic heterocycles. The number of Topliss-reactive ketones (excluding diaryl/α,β-unsaturated/α-hetero) is 1. The Morgan fingerprint density at radius 1 is 0.774 bits per heavy atom. The molecule has 0 fully saturated rings. The average Bonchev–Trinajstić information content (AvgIpc) is 3.15. The van der Waals surface area contributed by atoms with Crippen LogP contribution in [0.3, 0.4) is 0 Å². The van der Waals surface area contributed by atoms with Crippen molar-refractivity contribution in [3.63, 3.8) is 0 Å². The van der Waals surface area contributed by atoms with Gasteiger partial charge in [0, 0.05) is 40.4 Å². The van der Waals surface area contributed by atoms with Crippen LogP contribution < -0.4 is 10.6 Å². The summed E-state index contributed by atoms with van der Waals surface area (Å²) in [7, 11) is 0. The number of benzene rings is 3. The van der Waals surface area contributed by atoms with Crippen LogP contribution in [0.2, 0.25) is 0 Å². The van der Waals surface area contributed by atoms with Gasteiger partial charge in [0.2, 0.25) is 0 Å². The summed E-state index contributed by atoms with van der Waals surface area (Å²) >= 11 is 0. The molecule has 3 aromatic carbocycles. The van der Waals surface area contributed by atoms with Gasteiger partial charge in [0.15, 0.2) is 5.78 Å². The molecule has 0 saturated heterocycles. The molecule has 1 aliphatic carbocycles. The lowest BCUT2D eigenvalue weighted by atomic mass is 9.78. The Hall–Kier alpha value is -3.79. The van der Waals surface area contributed by atoms with E-state index in [1.165, 1.54) is 5.56 Å². The van der Waals surface area contributed by atoms with E-state index in [2.05, 4.69) is 64.1 Å². The summed E-state index contributed by atoms with van der Waals surface area (Å²) < 4.78 is 0. The number of carbonyl (C=O) groups excluding carboxylic acids is 1. The molecular weight excluding hydrogens is 382 g/mol. The highest BCUT2D eigenvalue weighted by atomic mass is 16.1. The Bertz CT molecular complexity index is 1320. The first-order valence-corrected chi connectivity index (χ1v) is 10.8. The van der Waals surface area contributed by atoms with Crippen molar-refractivity contribution in [1.29, 1.82) is 0 Å². The van der Waals surface area contributed by atoms with Crippen LogP contribution in [-0.2, 0) is 4.79 Å². The number of hydrogen-bond acceptors (Lipinski definition) is 3. The molecule has 31 heavy (non-hydrogen) atoms. The Morgan fingerprint density at radius 2 is 1.52 bits per heavy atom. The Labute approximate surface area is 181 Å². The molecule has 2 aliphatic rings. The SMILES string of the molecule is O=C1C[C@H](c2ccccc2)CC2=C1[C@H](c1c[nH]c3ccccc13)Nc1ccccc1N2. The monoisotopic (exact) mass is 405 g/mol. The molecule has 4 nitrogen and oxygen atoms in total. The molecule has 0 spiro atoms. The lowest BCUT2D eigenvalue weighted by Gasteiger charge is -2.29. The normalized spacial score (nSPS) is 20.5. The van der Waals surface area contributed by atoms with Crippen LogP contribution in [0.25, 0.3) is 10.9 Å². The summed E-state index contributed by atoms with van der Waals surface area (Å²) in [4.78, 5) is 17.0. The van der Waals surface area contributed by atoms with Gasteiger partial charge in [-0.15, -0.1) is 0 Å². The van der Waals surface area contributed by atoms with E-state index in [1.807, 2.05) is 36.5 Å². The summed E-state index contributed by atoms with van der Waals surface area (Å²) in [5.41, 5.74) is 7.31. The molecule has 4 heteroatoms. The van der Waals surface area contributed by atoms with E-state index in [9.17, 15) is 4.79 Å². The number of carbonyl (C=O) groups is 1. The fourth-order valence-corrected chi connectivity index (χ4v) is 5.02. The van der Waals surface area contributed by atoms with Gasteiger partial charge < -0.3 is 15.6 Å². The van der Waals surface area contributed by atoms with Gasteiger partial charge >= 0.3 is 0 Å². The minimum absolute atomic E-state index is 0.189. The van der Waals surface area contributed by atoms with Crippen LogP contribution in [0.1, 0.15) is 35.9 Å². The van der Waals surface area contributed by atoms with Gasteiger partial charge in [-0.05, 0) is 36.1 Å². The van der Waals surface area contributed by atoms with E-state index in [0.29, 0.717) is 6.42 Å². The number of aromatic nitrogens is 1. The summed E-state index contributed by atoms with van der Waals surface area (Å²) in [6.07, 6.45) is 3.39. The first-order chi connectivity index (χ1) is 15.3. The zero-order chi connectivity index (χ0) is 20.8. The summed E-state index contributed by atoms with van der Waals surface area (Å²) in [5, 5.41) is 8.44. The number of ketones is 1. The molecule has 152 valence electrons. The smallest absolute Gasteiger partial charge is 0.163 e. The van der Waals surface area contributed by atoms with Gasteiger partial charge in [0.05, 0.1) is 17.4 Å². The molecule has 2 heterocycles. The first kappa shape index (κ1) is 18.0. The number of fused-ring (bicyclic) bond motifs is 2. The van der Waals surface area contributed by atoms with Gasteiger partial charge in [-0.25, -0.2) is 0 Å². The number of hydrogen-bond donors (Lipinski definition) is 3. The molecule has 2 atom stereocenters. The zero-order valence-corrected chi connectivity index (χ0v) is 17.1. The third-order valence-electron chi connectivity index (χ3n) is 6.51. The van der Waals surface area contributed by atoms with Crippen LogP contribution >= 0.6 is 0 Å². The number of para-hydroxylation sites is 3. The third kappa shape index (κ3) is 3.03. The Balaban J connectivity index is 1.51. The van der Waals surface area contributed by atoms with E-state index in [0.717, 1.165) is 45.5 Å². The highest BCUT2D eigenvalue weighted by Gasteiger charge is 2.36. The number of aromatic amines is 1. The average molecular weight is 406 g/mol. The van der Waals surface area contributed by atoms with Crippen LogP contribution in [0, 0.1) is 0 Å². The number of anilines is 2. The second-order valence-electron chi connectivity index (χ2n) is 8.37. The van der Waals surface area contributed by atoms with Crippen molar-refractivity contribution >= 4 is 28.1 Å². The molecule has 0 unspecified atom stereocenters. The van der Waals surface area contributed by atoms with Gasteiger partial charge in [0.1, 0.15) is 0 Å². The fourth-order valence-electron chi connectivity index (χ4n) is 5.02. The largest absolute Gasteiger partial charge is 0.372 e. The van der Waals surface area contributed by atoms with E-state index >= 15 is 0 Å². The van der Waals surface area contributed by atoms with Gasteiger partial charge in [-0.3, -0.25) is 4.79 Å². The third-order valence-corrected chi connectivity index (χ3v) is 6.51. The number of H-pyrrole nitrogens is 1. The second-order valence-corrected chi connectivity index (χ2v) is 8.37. The summed E-state index contributed by atoms with van der Waals surface area (Å²) in [6.45, 7) is 0. The molecule has 0 bridgehead atoms. The number of allylic oxidation sites excluding steroid dienone is 1. The molecule has 6 rings (SSSR count). The van der Waals surface area contributed by atoms with Crippen LogP contribution in [0.5, 0.6) is 0 Å². The van der Waals surface area contributed by atoms with Crippen LogP contribution in [0.4, 0.5) is 11.4 Å². The predicted octanol–water partition coefficient (Wildman–Crippen LogP) is 6.15. The number of rotatable bonds is 2. The molecule has 0 saturated carbocycles. The Kier molecular flexibility index (Phi) is 4.17.